The van der Waals surface area contributed by atoms with E-state index in [2.05, 4.69) is 26.2 Å². The van der Waals surface area contributed by atoms with Crippen molar-refractivity contribution in [2.75, 3.05) is 12.3 Å². The topological polar surface area (TPSA) is 115 Å². The summed E-state index contributed by atoms with van der Waals surface area (Å²) in [5.74, 6) is 0.307. The van der Waals surface area contributed by atoms with Gasteiger partial charge in [0.2, 0.25) is 11.1 Å². The maximum absolute atomic E-state index is 11.9. The summed E-state index contributed by atoms with van der Waals surface area (Å²) in [6, 6.07) is 7.03. The number of rotatable bonds is 8. The number of furan rings is 1. The predicted octanol–water partition coefficient (Wildman–Crippen LogP) is 1.54. The zero-order chi connectivity index (χ0) is 18.2. The number of hydrogen-bond acceptors (Lipinski definition) is 8. The molecule has 136 valence electrons. The van der Waals surface area contributed by atoms with Crippen LogP contribution < -0.4 is 10.6 Å². The van der Waals surface area contributed by atoms with Crippen LogP contribution in [-0.2, 0) is 17.8 Å². The maximum Gasteiger partial charge on any atom is 0.321 e. The standard InChI is InChI=1S/C15H16N6O3S2/c22-13(17-14(23)16-6-5-12-4-2-8-25-12)10-26-15-18-19-20-21(15)9-11-3-1-7-24-11/h1-4,7-8H,5-6,9-10H2,(H2,16,17,22,23). The number of nitrogens with one attached hydrogen (secondary N) is 2. The van der Waals surface area contributed by atoms with E-state index in [4.69, 9.17) is 4.42 Å². The van der Waals surface area contributed by atoms with E-state index in [-0.39, 0.29) is 5.75 Å². The first-order chi connectivity index (χ1) is 12.7. The summed E-state index contributed by atoms with van der Waals surface area (Å²) >= 11 is 2.77. The summed E-state index contributed by atoms with van der Waals surface area (Å²) in [6.45, 7) is 0.835. The van der Waals surface area contributed by atoms with Crippen LogP contribution in [0.1, 0.15) is 10.6 Å². The van der Waals surface area contributed by atoms with Crippen LogP contribution in [0.4, 0.5) is 4.79 Å². The van der Waals surface area contributed by atoms with Crippen molar-refractivity contribution in [2.24, 2.45) is 0 Å². The molecule has 0 saturated carbocycles. The minimum Gasteiger partial charge on any atom is -0.467 e. The maximum atomic E-state index is 11.9. The molecule has 0 aromatic carbocycles. The Kier molecular flexibility index (Phi) is 6.39. The van der Waals surface area contributed by atoms with E-state index in [0.717, 1.165) is 18.2 Å². The fraction of sp³-hybridized carbons (Fsp3) is 0.267. The first-order valence-electron chi connectivity index (χ1n) is 7.72. The first kappa shape index (κ1) is 18.1. The summed E-state index contributed by atoms with van der Waals surface area (Å²) in [5.41, 5.74) is 0. The summed E-state index contributed by atoms with van der Waals surface area (Å²) in [4.78, 5) is 24.8. The van der Waals surface area contributed by atoms with Crippen molar-refractivity contribution in [3.63, 3.8) is 0 Å². The van der Waals surface area contributed by atoms with Gasteiger partial charge in [-0.1, -0.05) is 17.8 Å². The second-order valence-corrected chi connectivity index (χ2v) is 7.10. The number of hydrogen-bond donors (Lipinski definition) is 2. The Hall–Kier alpha value is -2.66. The quantitative estimate of drug-likeness (QED) is 0.559. The smallest absolute Gasteiger partial charge is 0.321 e. The molecule has 0 fully saturated rings. The number of carbonyl (C=O) groups is 2. The van der Waals surface area contributed by atoms with Gasteiger partial charge in [0.1, 0.15) is 12.3 Å². The normalized spacial score (nSPS) is 10.6. The lowest BCUT2D eigenvalue weighted by Gasteiger charge is -2.06. The highest BCUT2D eigenvalue weighted by atomic mass is 32.2. The van der Waals surface area contributed by atoms with Crippen LogP contribution in [0.15, 0.2) is 45.5 Å². The summed E-state index contributed by atoms with van der Waals surface area (Å²) in [5, 5.41) is 18.7. The number of thiophene rings is 1. The Bertz CT molecular complexity index is 832. The van der Waals surface area contributed by atoms with Crippen LogP contribution >= 0.6 is 23.1 Å². The first-order valence-corrected chi connectivity index (χ1v) is 9.58. The van der Waals surface area contributed by atoms with Crippen molar-refractivity contribution in [3.05, 3.63) is 46.5 Å². The average molecular weight is 392 g/mol. The molecule has 0 aliphatic carbocycles. The highest BCUT2D eigenvalue weighted by molar-refractivity contribution is 7.99. The molecule has 26 heavy (non-hydrogen) atoms. The number of amides is 3. The predicted molar refractivity (Wildman–Crippen MR) is 95.9 cm³/mol. The number of thioether (sulfide) groups is 1. The van der Waals surface area contributed by atoms with Crippen molar-refractivity contribution < 1.29 is 14.0 Å². The Balaban J connectivity index is 1.38. The zero-order valence-electron chi connectivity index (χ0n) is 13.6. The van der Waals surface area contributed by atoms with Crippen LogP contribution in [-0.4, -0.2) is 44.4 Å². The van der Waals surface area contributed by atoms with Crippen molar-refractivity contribution in [2.45, 2.75) is 18.1 Å². The van der Waals surface area contributed by atoms with Gasteiger partial charge in [-0.3, -0.25) is 10.1 Å². The van der Waals surface area contributed by atoms with Crippen LogP contribution in [0.3, 0.4) is 0 Å². The molecule has 0 saturated heterocycles. The van der Waals surface area contributed by atoms with E-state index in [0.29, 0.717) is 24.0 Å². The zero-order valence-corrected chi connectivity index (χ0v) is 15.3. The molecule has 11 heteroatoms. The van der Waals surface area contributed by atoms with E-state index in [9.17, 15) is 9.59 Å². The fourth-order valence-electron chi connectivity index (χ4n) is 2.04. The Labute approximate surface area is 157 Å². The van der Waals surface area contributed by atoms with Crippen molar-refractivity contribution in [1.82, 2.24) is 30.8 Å². The molecule has 3 rings (SSSR count). The molecular weight excluding hydrogens is 376 g/mol. The van der Waals surface area contributed by atoms with Gasteiger partial charge in [0.05, 0.1) is 12.0 Å². The second kappa shape index (κ2) is 9.15. The molecule has 3 aromatic heterocycles. The van der Waals surface area contributed by atoms with Crippen LogP contribution in [0, 0.1) is 0 Å². The fourth-order valence-corrected chi connectivity index (χ4v) is 3.43. The number of aromatic nitrogens is 4. The number of nitrogens with zero attached hydrogens (tertiary/aromatic N) is 4. The Morgan fingerprint density at radius 3 is 3.00 bits per heavy atom. The molecule has 0 aliphatic heterocycles. The molecule has 3 aromatic rings. The third-order valence-corrected chi connectivity index (χ3v) is 5.10. The molecule has 9 nitrogen and oxygen atoms in total. The van der Waals surface area contributed by atoms with Gasteiger partial charge in [0, 0.05) is 11.4 Å². The molecular formula is C15H16N6O3S2. The van der Waals surface area contributed by atoms with E-state index in [1.54, 1.807) is 23.7 Å². The van der Waals surface area contributed by atoms with Gasteiger partial charge in [-0.25, -0.2) is 9.48 Å². The molecule has 3 heterocycles. The number of urea groups is 1. The second-order valence-electron chi connectivity index (χ2n) is 5.12. The molecule has 0 unspecified atom stereocenters. The van der Waals surface area contributed by atoms with Gasteiger partial charge in [0.25, 0.3) is 0 Å². The Morgan fingerprint density at radius 2 is 2.23 bits per heavy atom. The van der Waals surface area contributed by atoms with Crippen molar-refractivity contribution >= 4 is 35.0 Å². The highest BCUT2D eigenvalue weighted by Crippen LogP contribution is 2.14. The van der Waals surface area contributed by atoms with Crippen LogP contribution in [0.25, 0.3) is 0 Å². The molecule has 0 bridgehead atoms. The van der Waals surface area contributed by atoms with Gasteiger partial charge < -0.3 is 9.73 Å². The lowest BCUT2D eigenvalue weighted by atomic mass is 10.3. The lowest BCUT2D eigenvalue weighted by molar-refractivity contribution is -0.117. The Morgan fingerprint density at radius 1 is 1.31 bits per heavy atom. The van der Waals surface area contributed by atoms with E-state index < -0.39 is 11.9 Å². The van der Waals surface area contributed by atoms with Gasteiger partial charge in [0.15, 0.2) is 0 Å². The minimum atomic E-state index is -0.512. The van der Waals surface area contributed by atoms with Gasteiger partial charge in [-0.2, -0.15) is 0 Å². The molecule has 2 N–H and O–H groups in total. The highest BCUT2D eigenvalue weighted by Gasteiger charge is 2.13. The van der Waals surface area contributed by atoms with Gasteiger partial charge >= 0.3 is 6.03 Å². The molecule has 0 atom stereocenters. The molecule has 0 spiro atoms. The van der Waals surface area contributed by atoms with E-state index >= 15 is 0 Å². The van der Waals surface area contributed by atoms with Crippen LogP contribution in [0.5, 0.6) is 0 Å². The SMILES string of the molecule is O=C(CSc1nnnn1Cc1ccco1)NC(=O)NCCc1cccs1. The summed E-state index contributed by atoms with van der Waals surface area (Å²) in [6.07, 6.45) is 2.30. The van der Waals surface area contributed by atoms with Gasteiger partial charge in [-0.15, -0.1) is 16.4 Å². The molecule has 0 radical (unpaired) electrons. The molecule has 3 amide bonds. The number of tetrazole rings is 1. The monoisotopic (exact) mass is 392 g/mol. The average Bonchev–Trinajstić information content (AvgIpc) is 3.36. The van der Waals surface area contributed by atoms with Gasteiger partial charge in [-0.05, 0) is 40.4 Å². The molecule has 0 aliphatic rings. The third-order valence-electron chi connectivity index (χ3n) is 3.21. The van der Waals surface area contributed by atoms with E-state index in [1.807, 2.05) is 23.6 Å². The number of carbonyl (C=O) groups excluding carboxylic acids is 2. The summed E-state index contributed by atoms with van der Waals surface area (Å²) < 4.78 is 6.77. The third kappa shape index (κ3) is 5.43. The largest absolute Gasteiger partial charge is 0.467 e. The number of imide groups is 1. The van der Waals surface area contributed by atoms with Crippen molar-refractivity contribution in [1.29, 1.82) is 0 Å². The van der Waals surface area contributed by atoms with E-state index in [1.165, 1.54) is 9.56 Å². The lowest BCUT2D eigenvalue weighted by Crippen LogP contribution is -2.41. The van der Waals surface area contributed by atoms with Crippen LogP contribution in [0.2, 0.25) is 0 Å². The summed E-state index contributed by atoms with van der Waals surface area (Å²) in [7, 11) is 0. The van der Waals surface area contributed by atoms with Crippen molar-refractivity contribution in [3.8, 4) is 0 Å². The minimum absolute atomic E-state index is 0.0247.